The highest BCUT2D eigenvalue weighted by atomic mass is 16.7. The first-order chi connectivity index (χ1) is 20.7. The number of carbonyl (C=O) groups excluding carboxylic acids is 1. The fraction of sp³-hybridized carbons (Fsp3) is 0.893. The smallest absolute Gasteiger partial charge is 0.254 e. The van der Waals surface area contributed by atoms with Crippen LogP contribution in [-0.2, 0) is 19.0 Å². The molecule has 0 aromatic heterocycles. The summed E-state index contributed by atoms with van der Waals surface area (Å²) < 4.78 is 18.2. The van der Waals surface area contributed by atoms with E-state index in [-0.39, 0.29) is 32.2 Å². The minimum absolute atomic E-state index is 0.00178. The molecule has 16 nitrogen and oxygen atoms in total. The largest absolute Gasteiger partial charge is 0.492 e. The van der Waals surface area contributed by atoms with E-state index in [4.69, 9.17) is 31.4 Å². The Morgan fingerprint density at radius 2 is 1.84 bits per heavy atom. The molecule has 0 bridgehead atoms. The van der Waals surface area contributed by atoms with Crippen molar-refractivity contribution in [2.24, 2.45) is 23.1 Å². The predicted octanol–water partition coefficient (Wildman–Crippen LogP) is -5.60. The molecule has 11 atom stereocenters. The van der Waals surface area contributed by atoms with E-state index in [9.17, 15) is 30.3 Å². The standard InChI is InChI=1S/C28H51N7O9/c1-26(39)12-42-24(20(37)23(26)32-2)44-22-17(35-25(38)28(41)10-34-11-28)5-16(31)18(19(22)36)21-15(30)4-3-14(43-21)8-33-9-27(40)6-13(29)7-27/h3,13,15-24,32-34,36-37,39-41H,4-12,29-31H2,1-2H3,(H,35,38)/t13?,15-,16+,17-,18?,19+,20-,21+,22+,23-,24-,26+,27?/m1/s1. The maximum Gasteiger partial charge on any atom is 0.254 e. The summed E-state index contributed by atoms with van der Waals surface area (Å²) in [7, 11) is 1.59. The minimum Gasteiger partial charge on any atom is -0.492 e. The number of nitrogens with one attached hydrogen (secondary N) is 4. The molecule has 0 radical (unpaired) electrons. The van der Waals surface area contributed by atoms with Crippen LogP contribution in [0.4, 0.5) is 0 Å². The molecule has 5 rings (SSSR count). The summed E-state index contributed by atoms with van der Waals surface area (Å²) in [6, 6.07) is -2.86. The molecule has 0 aromatic carbocycles. The van der Waals surface area contributed by atoms with Gasteiger partial charge in [-0.3, -0.25) is 4.79 Å². The quantitative estimate of drug-likeness (QED) is 0.107. The average molecular weight is 630 g/mol. The van der Waals surface area contributed by atoms with Gasteiger partial charge in [0.1, 0.15) is 29.7 Å². The van der Waals surface area contributed by atoms with Crippen LogP contribution in [-0.4, -0.2) is 149 Å². The fourth-order valence-electron chi connectivity index (χ4n) is 7.26. The number of ether oxygens (including phenoxy) is 3. The lowest BCUT2D eigenvalue weighted by Gasteiger charge is -2.51. The van der Waals surface area contributed by atoms with Crippen molar-refractivity contribution in [1.82, 2.24) is 21.3 Å². The van der Waals surface area contributed by atoms with Gasteiger partial charge in [-0.1, -0.05) is 0 Å². The van der Waals surface area contributed by atoms with E-state index in [0.29, 0.717) is 38.1 Å². The molecule has 3 heterocycles. The third-order valence-corrected chi connectivity index (χ3v) is 9.90. The van der Waals surface area contributed by atoms with Crippen molar-refractivity contribution in [3.8, 4) is 0 Å². The van der Waals surface area contributed by atoms with E-state index in [1.165, 1.54) is 6.92 Å². The van der Waals surface area contributed by atoms with Gasteiger partial charge in [-0.2, -0.15) is 0 Å². The topological polar surface area (TPSA) is 272 Å². The van der Waals surface area contributed by atoms with Gasteiger partial charge in [-0.15, -0.1) is 0 Å². The number of likely N-dealkylation sites (N-methyl/N-ethyl adjacent to an activating group) is 1. The van der Waals surface area contributed by atoms with E-state index in [0.717, 1.165) is 0 Å². The summed E-state index contributed by atoms with van der Waals surface area (Å²) in [5.41, 5.74) is 15.1. The van der Waals surface area contributed by atoms with Crippen molar-refractivity contribution in [3.63, 3.8) is 0 Å². The Hall–Kier alpha value is -1.51. The Labute approximate surface area is 257 Å². The number of aliphatic hydroxyl groups is 5. The number of nitrogens with two attached hydrogens (primary N) is 3. The molecule has 1 unspecified atom stereocenters. The normalized spacial score (nSPS) is 47.0. The van der Waals surface area contributed by atoms with Crippen LogP contribution in [0.5, 0.6) is 0 Å². The van der Waals surface area contributed by atoms with Crippen molar-refractivity contribution in [1.29, 1.82) is 0 Å². The Bertz CT molecular complexity index is 1060. The molecule has 252 valence electrons. The lowest BCUT2D eigenvalue weighted by atomic mass is 9.72. The van der Waals surface area contributed by atoms with Crippen LogP contribution in [0.15, 0.2) is 11.8 Å². The van der Waals surface area contributed by atoms with Crippen LogP contribution >= 0.6 is 0 Å². The summed E-state index contributed by atoms with van der Waals surface area (Å²) in [4.78, 5) is 13.0. The number of hydrogen-bond acceptors (Lipinski definition) is 15. The van der Waals surface area contributed by atoms with E-state index in [1.807, 2.05) is 6.08 Å². The highest BCUT2D eigenvalue weighted by Gasteiger charge is 2.54. The maximum absolute atomic E-state index is 13.0. The number of β-amino-alcohol motifs (C(OH)–C–C–N with tert-alkyl or cyclic N) is 1. The maximum atomic E-state index is 13.0. The Balaban J connectivity index is 1.31. The number of rotatable bonds is 10. The van der Waals surface area contributed by atoms with Gasteiger partial charge in [0.15, 0.2) is 11.9 Å². The summed E-state index contributed by atoms with van der Waals surface area (Å²) in [6.07, 6.45) is -2.25. The highest BCUT2D eigenvalue weighted by molar-refractivity contribution is 5.87. The molecular weight excluding hydrogens is 578 g/mol. The second-order valence-corrected chi connectivity index (χ2v) is 13.7. The molecule has 3 aliphatic heterocycles. The van der Waals surface area contributed by atoms with Crippen LogP contribution in [0.25, 0.3) is 0 Å². The second kappa shape index (κ2) is 12.9. The van der Waals surface area contributed by atoms with Crippen molar-refractivity contribution >= 4 is 5.91 Å². The van der Waals surface area contributed by atoms with Crippen molar-refractivity contribution < 1.29 is 44.5 Å². The first-order valence-electron chi connectivity index (χ1n) is 15.5. The Morgan fingerprint density at radius 3 is 2.45 bits per heavy atom. The molecule has 1 amide bonds. The average Bonchev–Trinajstić information content (AvgIpc) is 2.91. The summed E-state index contributed by atoms with van der Waals surface area (Å²) in [5, 5.41) is 66.5. The molecule has 4 fully saturated rings. The molecule has 2 saturated heterocycles. The summed E-state index contributed by atoms with van der Waals surface area (Å²) in [6.45, 7) is 2.21. The third-order valence-electron chi connectivity index (χ3n) is 9.90. The van der Waals surface area contributed by atoms with Crippen LogP contribution in [0, 0.1) is 5.92 Å². The fourth-order valence-corrected chi connectivity index (χ4v) is 7.26. The number of amides is 1. The first-order valence-corrected chi connectivity index (χ1v) is 15.5. The van der Waals surface area contributed by atoms with Crippen LogP contribution in [0.3, 0.4) is 0 Å². The molecule has 16 heteroatoms. The zero-order chi connectivity index (χ0) is 32.0. The van der Waals surface area contributed by atoms with E-state index >= 15 is 0 Å². The van der Waals surface area contributed by atoms with Crippen molar-refractivity contribution in [3.05, 3.63) is 11.8 Å². The molecular formula is C28H51N7O9. The van der Waals surface area contributed by atoms with Gasteiger partial charge in [-0.05, 0) is 45.7 Å². The van der Waals surface area contributed by atoms with Gasteiger partial charge in [0.05, 0.1) is 36.9 Å². The SMILES string of the molecule is CN[C@@H]1[C@@H](O)[C@@H](O[C@H]2[C@H](NC(=O)C3(O)CNC3)C[C@H](N)C([C@H]3OC(CNCC4(O)CC(N)C4)=CC[C@H]3N)[C@@H]2O)OC[C@]1(C)O. The number of hydrogen-bond donors (Lipinski definition) is 12. The Morgan fingerprint density at radius 1 is 1.14 bits per heavy atom. The molecule has 2 aliphatic carbocycles. The summed E-state index contributed by atoms with van der Waals surface area (Å²) >= 11 is 0. The molecule has 15 N–H and O–H groups in total. The van der Waals surface area contributed by atoms with Gasteiger partial charge in [0, 0.05) is 43.7 Å². The second-order valence-electron chi connectivity index (χ2n) is 13.7. The van der Waals surface area contributed by atoms with E-state index < -0.39 is 83.5 Å². The summed E-state index contributed by atoms with van der Waals surface area (Å²) in [5.74, 6) is -0.774. The molecule has 0 spiro atoms. The molecule has 0 aromatic rings. The lowest BCUT2D eigenvalue weighted by Crippen LogP contribution is -2.72. The van der Waals surface area contributed by atoms with Crippen LogP contribution in [0.1, 0.15) is 32.6 Å². The Kier molecular flexibility index (Phi) is 9.96. The van der Waals surface area contributed by atoms with E-state index in [2.05, 4.69) is 21.3 Å². The van der Waals surface area contributed by atoms with Crippen molar-refractivity contribution in [2.45, 2.75) is 110 Å². The van der Waals surface area contributed by atoms with Crippen LogP contribution in [0.2, 0.25) is 0 Å². The van der Waals surface area contributed by atoms with Gasteiger partial charge in [-0.25, -0.2) is 0 Å². The number of aliphatic hydroxyl groups excluding tert-OH is 2. The van der Waals surface area contributed by atoms with Gasteiger partial charge < -0.3 is 78.2 Å². The monoisotopic (exact) mass is 629 g/mol. The van der Waals surface area contributed by atoms with E-state index in [1.54, 1.807) is 7.05 Å². The minimum atomic E-state index is -1.60. The lowest BCUT2D eigenvalue weighted by molar-refractivity contribution is -0.297. The molecule has 5 aliphatic rings. The number of carbonyl (C=O) groups is 1. The first kappa shape index (κ1) is 33.8. The van der Waals surface area contributed by atoms with Gasteiger partial charge in [0.2, 0.25) is 0 Å². The van der Waals surface area contributed by atoms with Crippen molar-refractivity contribution in [2.75, 3.05) is 39.8 Å². The third kappa shape index (κ3) is 6.78. The highest BCUT2D eigenvalue weighted by Crippen LogP contribution is 2.37. The van der Waals surface area contributed by atoms with Gasteiger partial charge >= 0.3 is 0 Å². The molecule has 44 heavy (non-hydrogen) atoms. The zero-order valence-corrected chi connectivity index (χ0v) is 25.4. The zero-order valence-electron chi connectivity index (χ0n) is 25.4. The van der Waals surface area contributed by atoms with Gasteiger partial charge in [0.25, 0.3) is 5.91 Å². The van der Waals surface area contributed by atoms with Crippen LogP contribution < -0.4 is 38.5 Å². The molecule has 2 saturated carbocycles. The predicted molar refractivity (Wildman–Crippen MR) is 157 cm³/mol.